The maximum absolute atomic E-state index is 5.85. The van der Waals surface area contributed by atoms with Gasteiger partial charge in [0.15, 0.2) is 0 Å². The van der Waals surface area contributed by atoms with Gasteiger partial charge < -0.3 is 10.5 Å². The molecule has 0 rings (SSSR count). The standard InChI is InChI=1S/C13H30N2O/c1-4-6-7-8-9-13(12-14)15(5-2)10-11-16-3/h13H,4-12,14H2,1-3H3. The first kappa shape index (κ1) is 15.9. The van der Waals surface area contributed by atoms with Crippen molar-refractivity contribution in [3.63, 3.8) is 0 Å². The maximum atomic E-state index is 5.85. The van der Waals surface area contributed by atoms with Crippen LogP contribution in [0.4, 0.5) is 0 Å². The highest BCUT2D eigenvalue weighted by atomic mass is 16.5. The van der Waals surface area contributed by atoms with E-state index >= 15 is 0 Å². The highest BCUT2D eigenvalue weighted by Gasteiger charge is 2.14. The van der Waals surface area contributed by atoms with Crippen molar-refractivity contribution >= 4 is 0 Å². The van der Waals surface area contributed by atoms with Crippen molar-refractivity contribution in [1.82, 2.24) is 4.90 Å². The molecule has 0 aliphatic heterocycles. The number of methoxy groups -OCH3 is 1. The Morgan fingerprint density at radius 1 is 1.19 bits per heavy atom. The normalized spacial score (nSPS) is 13.3. The van der Waals surface area contributed by atoms with Crippen LogP contribution < -0.4 is 5.73 Å². The van der Waals surface area contributed by atoms with Crippen LogP contribution in [0.5, 0.6) is 0 Å². The van der Waals surface area contributed by atoms with Crippen LogP contribution in [0, 0.1) is 0 Å². The molecule has 0 spiro atoms. The largest absolute Gasteiger partial charge is 0.383 e. The zero-order valence-corrected chi connectivity index (χ0v) is 11.4. The second kappa shape index (κ2) is 11.4. The second-order valence-electron chi connectivity index (χ2n) is 4.36. The SMILES string of the molecule is CCCCCCC(CN)N(CC)CCOC. The Morgan fingerprint density at radius 2 is 1.94 bits per heavy atom. The fourth-order valence-corrected chi connectivity index (χ4v) is 2.06. The Morgan fingerprint density at radius 3 is 2.44 bits per heavy atom. The smallest absolute Gasteiger partial charge is 0.0589 e. The molecule has 0 aromatic rings. The Kier molecular flexibility index (Phi) is 11.3. The van der Waals surface area contributed by atoms with Gasteiger partial charge in [0.1, 0.15) is 0 Å². The monoisotopic (exact) mass is 230 g/mol. The third-order valence-corrected chi connectivity index (χ3v) is 3.17. The number of unbranched alkanes of at least 4 members (excludes halogenated alkanes) is 3. The average Bonchev–Trinajstić information content (AvgIpc) is 2.32. The van der Waals surface area contributed by atoms with Crippen LogP contribution in [0.25, 0.3) is 0 Å². The zero-order chi connectivity index (χ0) is 12.2. The van der Waals surface area contributed by atoms with Crippen molar-refractivity contribution in [1.29, 1.82) is 0 Å². The summed E-state index contributed by atoms with van der Waals surface area (Å²) in [4.78, 5) is 2.44. The molecule has 0 radical (unpaired) electrons. The minimum Gasteiger partial charge on any atom is -0.383 e. The number of hydrogen-bond donors (Lipinski definition) is 1. The van der Waals surface area contributed by atoms with Crippen LogP contribution >= 0.6 is 0 Å². The van der Waals surface area contributed by atoms with Crippen LogP contribution in [-0.2, 0) is 4.74 Å². The van der Waals surface area contributed by atoms with Crippen molar-refractivity contribution < 1.29 is 4.74 Å². The Hall–Kier alpha value is -0.120. The predicted molar refractivity (Wildman–Crippen MR) is 70.7 cm³/mol. The molecule has 1 unspecified atom stereocenters. The molecule has 0 aliphatic carbocycles. The van der Waals surface area contributed by atoms with E-state index in [-0.39, 0.29) is 0 Å². The van der Waals surface area contributed by atoms with E-state index in [0.717, 1.165) is 26.2 Å². The molecular formula is C13H30N2O. The summed E-state index contributed by atoms with van der Waals surface area (Å²) >= 11 is 0. The molecule has 0 aromatic carbocycles. The summed E-state index contributed by atoms with van der Waals surface area (Å²) in [5.74, 6) is 0. The zero-order valence-electron chi connectivity index (χ0n) is 11.4. The topological polar surface area (TPSA) is 38.5 Å². The van der Waals surface area contributed by atoms with Crippen molar-refractivity contribution in [2.45, 2.75) is 52.0 Å². The van der Waals surface area contributed by atoms with E-state index in [2.05, 4.69) is 18.7 Å². The van der Waals surface area contributed by atoms with Crippen LogP contribution in [0.2, 0.25) is 0 Å². The molecule has 0 fully saturated rings. The number of nitrogens with zero attached hydrogens (tertiary/aromatic N) is 1. The lowest BCUT2D eigenvalue weighted by Crippen LogP contribution is -2.42. The number of ether oxygens (including phenoxy) is 1. The Balaban J connectivity index is 3.81. The van der Waals surface area contributed by atoms with Crippen LogP contribution in [0.3, 0.4) is 0 Å². The summed E-state index contributed by atoms with van der Waals surface area (Å²) < 4.78 is 5.13. The minimum atomic E-state index is 0.539. The van der Waals surface area contributed by atoms with E-state index in [4.69, 9.17) is 10.5 Å². The molecule has 3 heteroatoms. The van der Waals surface area contributed by atoms with Crippen molar-refractivity contribution in [3.8, 4) is 0 Å². The molecule has 0 bridgehead atoms. The first-order valence-electron chi connectivity index (χ1n) is 6.73. The number of rotatable bonds is 11. The van der Waals surface area contributed by atoms with Gasteiger partial charge in [-0.3, -0.25) is 4.90 Å². The first-order chi connectivity index (χ1) is 7.79. The van der Waals surface area contributed by atoms with E-state index in [1.165, 1.54) is 32.1 Å². The summed E-state index contributed by atoms with van der Waals surface area (Å²) in [7, 11) is 1.76. The molecule has 98 valence electrons. The molecule has 3 nitrogen and oxygen atoms in total. The maximum Gasteiger partial charge on any atom is 0.0589 e. The van der Waals surface area contributed by atoms with E-state index < -0.39 is 0 Å². The molecule has 0 saturated carbocycles. The lowest BCUT2D eigenvalue weighted by Gasteiger charge is -2.29. The van der Waals surface area contributed by atoms with Gasteiger partial charge in [-0.15, -0.1) is 0 Å². The van der Waals surface area contributed by atoms with Gasteiger partial charge >= 0.3 is 0 Å². The van der Waals surface area contributed by atoms with Crippen molar-refractivity contribution in [2.75, 3.05) is 33.4 Å². The quantitative estimate of drug-likeness (QED) is 0.553. The molecular weight excluding hydrogens is 200 g/mol. The van der Waals surface area contributed by atoms with Gasteiger partial charge in [0.05, 0.1) is 6.61 Å². The third kappa shape index (κ3) is 7.20. The van der Waals surface area contributed by atoms with E-state index in [0.29, 0.717) is 6.04 Å². The third-order valence-electron chi connectivity index (χ3n) is 3.17. The van der Waals surface area contributed by atoms with E-state index in [1.54, 1.807) is 7.11 Å². The summed E-state index contributed by atoms with van der Waals surface area (Å²) in [5.41, 5.74) is 5.85. The highest BCUT2D eigenvalue weighted by Crippen LogP contribution is 2.10. The molecule has 1 atom stereocenters. The van der Waals surface area contributed by atoms with Crippen LogP contribution in [0.15, 0.2) is 0 Å². The molecule has 0 amide bonds. The molecule has 0 heterocycles. The Bertz CT molecular complexity index is 142. The average molecular weight is 230 g/mol. The summed E-state index contributed by atoms with van der Waals surface area (Å²) in [6, 6.07) is 0.539. The Labute approximate surface area is 101 Å². The fourth-order valence-electron chi connectivity index (χ4n) is 2.06. The number of nitrogens with two attached hydrogens (primary N) is 1. The molecule has 0 aromatic heterocycles. The van der Waals surface area contributed by atoms with Crippen molar-refractivity contribution in [3.05, 3.63) is 0 Å². The van der Waals surface area contributed by atoms with Crippen LogP contribution in [-0.4, -0.2) is 44.3 Å². The lowest BCUT2D eigenvalue weighted by atomic mass is 10.1. The van der Waals surface area contributed by atoms with Gasteiger partial charge in [-0.2, -0.15) is 0 Å². The predicted octanol–water partition coefficient (Wildman–Crippen LogP) is 2.25. The lowest BCUT2D eigenvalue weighted by molar-refractivity contribution is 0.121. The molecule has 16 heavy (non-hydrogen) atoms. The van der Waals surface area contributed by atoms with Gasteiger partial charge in [0.25, 0.3) is 0 Å². The fraction of sp³-hybridized carbons (Fsp3) is 1.00. The summed E-state index contributed by atoms with van der Waals surface area (Å²) in [6.07, 6.45) is 6.53. The molecule has 0 saturated heterocycles. The van der Waals surface area contributed by atoms with Gasteiger partial charge in [0, 0.05) is 26.2 Å². The minimum absolute atomic E-state index is 0.539. The summed E-state index contributed by atoms with van der Waals surface area (Å²) in [6.45, 7) is 8.09. The second-order valence-corrected chi connectivity index (χ2v) is 4.36. The van der Waals surface area contributed by atoms with Crippen LogP contribution in [0.1, 0.15) is 46.0 Å². The highest BCUT2D eigenvalue weighted by molar-refractivity contribution is 4.71. The molecule has 2 N–H and O–H groups in total. The van der Waals surface area contributed by atoms with Gasteiger partial charge in [0.2, 0.25) is 0 Å². The van der Waals surface area contributed by atoms with Gasteiger partial charge in [-0.05, 0) is 13.0 Å². The molecule has 0 aliphatic rings. The van der Waals surface area contributed by atoms with Crippen molar-refractivity contribution in [2.24, 2.45) is 5.73 Å². The van der Waals surface area contributed by atoms with E-state index in [1.807, 2.05) is 0 Å². The van der Waals surface area contributed by atoms with Gasteiger partial charge in [-0.1, -0.05) is 39.5 Å². The first-order valence-corrected chi connectivity index (χ1v) is 6.73. The van der Waals surface area contributed by atoms with Gasteiger partial charge in [-0.25, -0.2) is 0 Å². The summed E-state index contributed by atoms with van der Waals surface area (Å²) in [5, 5.41) is 0. The van der Waals surface area contributed by atoms with E-state index in [9.17, 15) is 0 Å². The number of hydrogen-bond acceptors (Lipinski definition) is 3. The number of likely N-dealkylation sites (N-methyl/N-ethyl adjacent to an activating group) is 1.